The van der Waals surface area contributed by atoms with Gasteiger partial charge in [-0.2, -0.15) is 0 Å². The minimum atomic E-state index is -0.174. The lowest BCUT2D eigenvalue weighted by molar-refractivity contribution is 0.662. The molecule has 0 atom stereocenters. The highest BCUT2D eigenvalue weighted by atomic mass is 15.1. The van der Waals surface area contributed by atoms with E-state index in [2.05, 4.69) is 231 Å². The Morgan fingerprint density at radius 1 is 0.321 bits per heavy atom. The summed E-state index contributed by atoms with van der Waals surface area (Å²) in [5, 5.41) is 2.40. The molecule has 0 radical (unpaired) electrons. The highest BCUT2D eigenvalue weighted by Crippen LogP contribution is 2.55. The monoisotopic (exact) mass is 715 g/mol. The van der Waals surface area contributed by atoms with Gasteiger partial charge in [0.05, 0.1) is 17.1 Å². The summed E-state index contributed by atoms with van der Waals surface area (Å²) in [6.07, 6.45) is 0. The lowest BCUT2D eigenvalue weighted by Crippen LogP contribution is -2.17. The molecule has 0 saturated heterocycles. The molecule has 0 fully saturated rings. The van der Waals surface area contributed by atoms with Gasteiger partial charge in [-0.15, -0.1) is 0 Å². The molecule has 56 heavy (non-hydrogen) atoms. The predicted octanol–water partition coefficient (Wildman–Crippen LogP) is 15.3. The zero-order valence-corrected chi connectivity index (χ0v) is 31.7. The molecule has 1 heteroatoms. The fraction of sp³-hybridized carbons (Fsp3) is 0.0545. The van der Waals surface area contributed by atoms with Crippen LogP contribution >= 0.6 is 0 Å². The first kappa shape index (κ1) is 33.6. The Kier molecular flexibility index (Phi) is 8.23. The van der Waals surface area contributed by atoms with E-state index in [0.717, 1.165) is 17.1 Å². The third-order valence-electron chi connectivity index (χ3n) is 11.7. The molecule has 0 amide bonds. The summed E-state index contributed by atoms with van der Waals surface area (Å²) in [6.45, 7) is 4.77. The van der Waals surface area contributed by atoms with Crippen molar-refractivity contribution < 1.29 is 0 Å². The van der Waals surface area contributed by atoms with E-state index in [1.807, 2.05) is 0 Å². The van der Waals surface area contributed by atoms with E-state index in [1.165, 1.54) is 77.5 Å². The van der Waals surface area contributed by atoms with Crippen LogP contribution in [0.15, 0.2) is 212 Å². The molecule has 266 valence electrons. The minimum absolute atomic E-state index is 0.174. The molecule has 0 aliphatic heterocycles. The van der Waals surface area contributed by atoms with Crippen molar-refractivity contribution in [3.05, 3.63) is 223 Å². The number of hydrogen-bond acceptors (Lipinski definition) is 1. The summed E-state index contributed by atoms with van der Waals surface area (Å²) in [7, 11) is 0. The molecule has 9 aromatic rings. The van der Waals surface area contributed by atoms with Crippen molar-refractivity contribution in [3.8, 4) is 55.6 Å². The molecule has 1 aliphatic carbocycles. The second-order valence-electron chi connectivity index (χ2n) is 15.2. The minimum Gasteiger partial charge on any atom is -0.309 e. The van der Waals surface area contributed by atoms with Gasteiger partial charge in [0.1, 0.15) is 0 Å². The van der Waals surface area contributed by atoms with Crippen LogP contribution in [0.25, 0.3) is 66.4 Å². The molecule has 1 nitrogen and oxygen atoms in total. The van der Waals surface area contributed by atoms with Crippen molar-refractivity contribution in [1.82, 2.24) is 0 Å². The van der Waals surface area contributed by atoms with Gasteiger partial charge in [0.15, 0.2) is 0 Å². The van der Waals surface area contributed by atoms with Crippen LogP contribution in [-0.4, -0.2) is 0 Å². The Morgan fingerprint density at radius 2 is 0.786 bits per heavy atom. The third-order valence-corrected chi connectivity index (χ3v) is 11.7. The molecular weight excluding hydrogens is 675 g/mol. The van der Waals surface area contributed by atoms with Crippen molar-refractivity contribution in [3.63, 3.8) is 0 Å². The molecule has 0 N–H and O–H groups in total. The van der Waals surface area contributed by atoms with Gasteiger partial charge in [-0.05, 0) is 79.2 Å². The molecule has 9 aromatic carbocycles. The number of anilines is 3. The largest absolute Gasteiger partial charge is 0.309 e. The first-order valence-electron chi connectivity index (χ1n) is 19.5. The Labute approximate surface area is 329 Å². The molecule has 0 spiro atoms. The molecule has 0 unspecified atom stereocenters. The van der Waals surface area contributed by atoms with Gasteiger partial charge in [0.25, 0.3) is 0 Å². The number of para-hydroxylation sites is 1. The van der Waals surface area contributed by atoms with E-state index in [9.17, 15) is 0 Å². The summed E-state index contributed by atoms with van der Waals surface area (Å²) in [6, 6.07) is 77.7. The van der Waals surface area contributed by atoms with Crippen molar-refractivity contribution in [2.45, 2.75) is 19.3 Å². The van der Waals surface area contributed by atoms with E-state index < -0.39 is 0 Å². The second-order valence-corrected chi connectivity index (χ2v) is 15.2. The highest BCUT2D eigenvalue weighted by molar-refractivity contribution is 6.07. The molecule has 0 aromatic heterocycles. The Hall–Kier alpha value is -6.96. The van der Waals surface area contributed by atoms with E-state index in [4.69, 9.17) is 0 Å². The maximum Gasteiger partial charge on any atom is 0.0547 e. The van der Waals surface area contributed by atoms with Crippen LogP contribution in [0.5, 0.6) is 0 Å². The number of rotatable bonds is 7. The fourth-order valence-electron chi connectivity index (χ4n) is 9.20. The summed E-state index contributed by atoms with van der Waals surface area (Å²) in [5.41, 5.74) is 18.2. The normalized spacial score (nSPS) is 12.6. The number of benzene rings is 9. The lowest BCUT2D eigenvalue weighted by Gasteiger charge is -2.33. The molecular formula is C55H41N. The third kappa shape index (κ3) is 5.47. The quantitative estimate of drug-likeness (QED) is 0.159. The van der Waals surface area contributed by atoms with E-state index in [0.29, 0.717) is 0 Å². The van der Waals surface area contributed by atoms with Crippen molar-refractivity contribution in [2.75, 3.05) is 4.90 Å². The smallest absolute Gasteiger partial charge is 0.0547 e. The standard InChI is InChI=1S/C55H41N/c1-55(2)49-34-15-13-28-44(49)47-32-18-33-48(54(47)55)45-29-14-16-35-51(45)56(50-36-17-25-39-24-9-10-27-42(39)50)52-37-19-31-43(40-22-7-4-8-23-40)53(52)46-30-12-11-26-41(46)38-20-5-3-6-21-38/h3-37H,1-2H3. The summed E-state index contributed by atoms with van der Waals surface area (Å²) < 4.78 is 0. The lowest BCUT2D eigenvalue weighted by atomic mass is 9.78. The Morgan fingerprint density at radius 3 is 1.55 bits per heavy atom. The number of hydrogen-bond donors (Lipinski definition) is 0. The molecule has 1 aliphatic rings. The van der Waals surface area contributed by atoms with Gasteiger partial charge in [-0.3, -0.25) is 0 Å². The van der Waals surface area contributed by atoms with Crippen molar-refractivity contribution in [2.24, 2.45) is 0 Å². The van der Waals surface area contributed by atoms with Crippen LogP contribution in [0, 0.1) is 0 Å². The van der Waals surface area contributed by atoms with Gasteiger partial charge in [-0.25, -0.2) is 0 Å². The molecule has 0 saturated carbocycles. The second kappa shape index (κ2) is 13.7. The van der Waals surface area contributed by atoms with Crippen LogP contribution in [0.2, 0.25) is 0 Å². The van der Waals surface area contributed by atoms with Crippen LogP contribution in [-0.2, 0) is 5.41 Å². The van der Waals surface area contributed by atoms with Crippen LogP contribution < -0.4 is 4.90 Å². The zero-order chi connectivity index (χ0) is 37.6. The summed E-state index contributed by atoms with van der Waals surface area (Å²) >= 11 is 0. The maximum absolute atomic E-state index is 2.54. The summed E-state index contributed by atoms with van der Waals surface area (Å²) in [4.78, 5) is 2.54. The Balaban J connectivity index is 1.32. The van der Waals surface area contributed by atoms with Gasteiger partial charge in [0.2, 0.25) is 0 Å². The number of nitrogens with zero attached hydrogens (tertiary/aromatic N) is 1. The first-order valence-corrected chi connectivity index (χ1v) is 19.5. The van der Waals surface area contributed by atoms with Crippen LogP contribution in [0.1, 0.15) is 25.0 Å². The van der Waals surface area contributed by atoms with Gasteiger partial charge >= 0.3 is 0 Å². The van der Waals surface area contributed by atoms with Gasteiger partial charge < -0.3 is 4.90 Å². The van der Waals surface area contributed by atoms with Crippen LogP contribution in [0.4, 0.5) is 17.1 Å². The van der Waals surface area contributed by atoms with Crippen LogP contribution in [0.3, 0.4) is 0 Å². The van der Waals surface area contributed by atoms with Gasteiger partial charge in [-0.1, -0.05) is 208 Å². The Bertz CT molecular complexity index is 2880. The fourth-order valence-corrected chi connectivity index (χ4v) is 9.20. The molecule has 10 rings (SSSR count). The first-order chi connectivity index (χ1) is 27.6. The topological polar surface area (TPSA) is 3.24 Å². The molecule has 0 heterocycles. The average Bonchev–Trinajstić information content (AvgIpc) is 3.50. The number of fused-ring (bicyclic) bond motifs is 4. The predicted molar refractivity (Wildman–Crippen MR) is 238 cm³/mol. The maximum atomic E-state index is 2.54. The summed E-state index contributed by atoms with van der Waals surface area (Å²) in [5.74, 6) is 0. The van der Waals surface area contributed by atoms with E-state index in [-0.39, 0.29) is 5.41 Å². The van der Waals surface area contributed by atoms with Crippen molar-refractivity contribution >= 4 is 27.8 Å². The van der Waals surface area contributed by atoms with Crippen molar-refractivity contribution in [1.29, 1.82) is 0 Å². The SMILES string of the molecule is CC1(C)c2ccccc2-c2cccc(-c3ccccc3N(c3cccc(-c4ccccc4)c3-c3ccccc3-c3ccccc3)c3cccc4ccccc34)c21. The van der Waals surface area contributed by atoms with Gasteiger partial charge in [0, 0.05) is 21.9 Å². The highest BCUT2D eigenvalue weighted by Gasteiger charge is 2.38. The average molecular weight is 716 g/mol. The zero-order valence-electron chi connectivity index (χ0n) is 31.7. The van der Waals surface area contributed by atoms with E-state index >= 15 is 0 Å². The van der Waals surface area contributed by atoms with E-state index in [1.54, 1.807) is 0 Å². The molecule has 0 bridgehead atoms.